The molecule has 0 bridgehead atoms. The predicted octanol–water partition coefficient (Wildman–Crippen LogP) is 3.46. The maximum Gasteiger partial charge on any atom is 0.389 e. The molecule has 1 aromatic rings. The van der Waals surface area contributed by atoms with Gasteiger partial charge in [0.25, 0.3) is 0 Å². The summed E-state index contributed by atoms with van der Waals surface area (Å²) in [5.41, 5.74) is -0.999. The van der Waals surface area contributed by atoms with Crippen molar-refractivity contribution in [1.29, 1.82) is 0 Å². The van der Waals surface area contributed by atoms with Gasteiger partial charge in [-0.1, -0.05) is 12.1 Å². The molecule has 1 aromatic carbocycles. The van der Waals surface area contributed by atoms with Gasteiger partial charge in [-0.15, -0.1) is 0 Å². The van der Waals surface area contributed by atoms with Gasteiger partial charge < -0.3 is 5.11 Å². The van der Waals surface area contributed by atoms with Crippen LogP contribution in [0, 0.1) is 5.82 Å². The molecule has 0 saturated heterocycles. The van der Waals surface area contributed by atoms with E-state index in [0.29, 0.717) is 5.56 Å². The van der Waals surface area contributed by atoms with Gasteiger partial charge in [-0.25, -0.2) is 4.39 Å². The van der Waals surface area contributed by atoms with Crippen LogP contribution in [-0.2, 0) is 6.42 Å². The molecule has 0 spiro atoms. The van der Waals surface area contributed by atoms with Crippen LogP contribution in [0.15, 0.2) is 24.3 Å². The topological polar surface area (TPSA) is 20.2 Å². The quantitative estimate of drug-likeness (QED) is 0.811. The average Bonchev–Trinajstić information content (AvgIpc) is 2.13. The van der Waals surface area contributed by atoms with E-state index in [9.17, 15) is 22.7 Å². The van der Waals surface area contributed by atoms with Crippen molar-refractivity contribution in [1.82, 2.24) is 0 Å². The van der Waals surface area contributed by atoms with Gasteiger partial charge in [-0.2, -0.15) is 13.2 Å². The minimum absolute atomic E-state index is 0.000833. The molecule has 0 aromatic heterocycles. The normalized spacial score (nSPS) is 15.6. The fourth-order valence-corrected chi connectivity index (χ4v) is 1.59. The van der Waals surface area contributed by atoms with E-state index in [4.69, 9.17) is 0 Å². The van der Waals surface area contributed by atoms with Crippen LogP contribution in [0.2, 0.25) is 0 Å². The highest BCUT2D eigenvalue weighted by Crippen LogP contribution is 2.27. The van der Waals surface area contributed by atoms with Crippen molar-refractivity contribution in [3.8, 4) is 0 Å². The Kier molecular flexibility index (Phi) is 4.14. The number of hydrogen-bond acceptors (Lipinski definition) is 1. The summed E-state index contributed by atoms with van der Waals surface area (Å²) in [4.78, 5) is 0. The Morgan fingerprint density at radius 2 is 1.82 bits per heavy atom. The third-order valence-corrected chi connectivity index (χ3v) is 2.42. The Morgan fingerprint density at radius 1 is 1.18 bits per heavy atom. The average molecular weight is 250 g/mol. The first-order valence-corrected chi connectivity index (χ1v) is 5.22. The van der Waals surface area contributed by atoms with Gasteiger partial charge in [0.05, 0.1) is 5.60 Å². The molecule has 1 N–H and O–H groups in total. The monoisotopic (exact) mass is 250 g/mol. The lowest BCUT2D eigenvalue weighted by atomic mass is 9.92. The van der Waals surface area contributed by atoms with Crippen molar-refractivity contribution >= 4 is 0 Å². The molecular formula is C12H14F4O. The molecular weight excluding hydrogens is 236 g/mol. The number of benzene rings is 1. The summed E-state index contributed by atoms with van der Waals surface area (Å²) in [5.74, 6) is -0.464. The molecule has 0 aliphatic carbocycles. The molecule has 0 heterocycles. The summed E-state index contributed by atoms with van der Waals surface area (Å²) in [6.07, 6.45) is -5.73. The van der Waals surface area contributed by atoms with Crippen molar-refractivity contribution in [3.05, 3.63) is 35.6 Å². The maximum atomic E-state index is 12.9. The first-order valence-electron chi connectivity index (χ1n) is 5.22. The van der Waals surface area contributed by atoms with Crippen LogP contribution in [0.5, 0.6) is 0 Å². The fourth-order valence-electron chi connectivity index (χ4n) is 1.59. The Morgan fingerprint density at radius 3 is 2.35 bits per heavy atom. The zero-order chi connectivity index (χ0) is 13.1. The minimum atomic E-state index is -4.29. The first-order chi connectivity index (χ1) is 7.68. The zero-order valence-electron chi connectivity index (χ0n) is 9.39. The molecule has 0 aliphatic heterocycles. The van der Waals surface area contributed by atoms with Gasteiger partial charge in [0.1, 0.15) is 5.82 Å². The largest absolute Gasteiger partial charge is 0.390 e. The van der Waals surface area contributed by atoms with Gasteiger partial charge in [-0.05, 0) is 31.0 Å². The molecule has 5 heteroatoms. The standard InChI is InChI=1S/C12H14F4O/c1-11(17,5-6-12(14,15)16)8-9-3-2-4-10(13)7-9/h2-4,7,17H,5-6,8H2,1H3. The second-order valence-electron chi connectivity index (χ2n) is 4.42. The highest BCUT2D eigenvalue weighted by Gasteiger charge is 2.32. The van der Waals surface area contributed by atoms with Crippen LogP contribution in [0.4, 0.5) is 17.6 Å². The van der Waals surface area contributed by atoms with Crippen LogP contribution in [-0.4, -0.2) is 16.9 Å². The number of halogens is 4. The Labute approximate surface area is 97.1 Å². The lowest BCUT2D eigenvalue weighted by molar-refractivity contribution is -0.145. The molecule has 0 amide bonds. The number of hydrogen-bond donors (Lipinski definition) is 1. The molecule has 0 fully saturated rings. The summed E-state index contributed by atoms with van der Waals surface area (Å²) in [7, 11) is 0. The van der Waals surface area contributed by atoms with Crippen LogP contribution < -0.4 is 0 Å². The molecule has 1 unspecified atom stereocenters. The predicted molar refractivity (Wildman–Crippen MR) is 56.0 cm³/mol. The molecule has 96 valence electrons. The third kappa shape index (κ3) is 5.68. The smallest absolute Gasteiger partial charge is 0.389 e. The van der Waals surface area contributed by atoms with Gasteiger partial charge in [-0.3, -0.25) is 0 Å². The van der Waals surface area contributed by atoms with E-state index in [0.717, 1.165) is 0 Å². The molecule has 17 heavy (non-hydrogen) atoms. The minimum Gasteiger partial charge on any atom is -0.390 e. The molecule has 1 atom stereocenters. The summed E-state index contributed by atoms with van der Waals surface area (Å²) < 4.78 is 48.9. The van der Waals surface area contributed by atoms with Crippen molar-refractivity contribution in [2.75, 3.05) is 0 Å². The van der Waals surface area contributed by atoms with Gasteiger partial charge >= 0.3 is 6.18 Å². The number of rotatable bonds is 4. The summed E-state index contributed by atoms with van der Waals surface area (Å²) in [5, 5.41) is 9.80. The van der Waals surface area contributed by atoms with Crippen molar-refractivity contribution in [3.63, 3.8) is 0 Å². The summed E-state index contributed by atoms with van der Waals surface area (Å²) in [6.45, 7) is 1.32. The Bertz CT molecular complexity index is 371. The Hall–Kier alpha value is -1.10. The highest BCUT2D eigenvalue weighted by molar-refractivity contribution is 5.18. The number of alkyl halides is 3. The highest BCUT2D eigenvalue weighted by atomic mass is 19.4. The second kappa shape index (κ2) is 5.04. The van der Waals surface area contributed by atoms with E-state index in [1.165, 1.54) is 25.1 Å². The molecule has 0 radical (unpaired) electrons. The maximum absolute atomic E-state index is 12.9. The van der Waals surface area contributed by atoms with E-state index in [2.05, 4.69) is 0 Å². The van der Waals surface area contributed by atoms with E-state index < -0.39 is 30.4 Å². The van der Waals surface area contributed by atoms with Gasteiger partial charge in [0.2, 0.25) is 0 Å². The SMILES string of the molecule is CC(O)(CCC(F)(F)F)Cc1cccc(F)c1. The first kappa shape index (κ1) is 14.0. The van der Waals surface area contributed by atoms with E-state index in [1.807, 2.05) is 0 Å². The van der Waals surface area contributed by atoms with Gasteiger partial charge in [0, 0.05) is 12.8 Å². The third-order valence-electron chi connectivity index (χ3n) is 2.42. The lowest BCUT2D eigenvalue weighted by Gasteiger charge is -2.24. The number of aliphatic hydroxyl groups is 1. The molecule has 0 aliphatic rings. The van der Waals surface area contributed by atoms with E-state index >= 15 is 0 Å². The summed E-state index contributed by atoms with van der Waals surface area (Å²) >= 11 is 0. The van der Waals surface area contributed by atoms with Crippen molar-refractivity contribution < 1.29 is 22.7 Å². The summed E-state index contributed by atoms with van der Waals surface area (Å²) in [6, 6.07) is 5.49. The molecule has 1 rings (SSSR count). The van der Waals surface area contributed by atoms with Gasteiger partial charge in [0.15, 0.2) is 0 Å². The van der Waals surface area contributed by atoms with Crippen LogP contribution in [0.1, 0.15) is 25.3 Å². The second-order valence-corrected chi connectivity index (χ2v) is 4.42. The molecule has 0 saturated carbocycles. The fraction of sp³-hybridized carbons (Fsp3) is 0.500. The molecule has 1 nitrogen and oxygen atoms in total. The van der Waals surface area contributed by atoms with E-state index in [-0.39, 0.29) is 6.42 Å². The van der Waals surface area contributed by atoms with Crippen molar-refractivity contribution in [2.24, 2.45) is 0 Å². The van der Waals surface area contributed by atoms with Crippen LogP contribution in [0.25, 0.3) is 0 Å². The van der Waals surface area contributed by atoms with Crippen LogP contribution in [0.3, 0.4) is 0 Å². The Balaban J connectivity index is 2.60. The van der Waals surface area contributed by atoms with E-state index in [1.54, 1.807) is 6.07 Å². The lowest BCUT2D eigenvalue weighted by Crippen LogP contribution is -2.29. The van der Waals surface area contributed by atoms with Crippen LogP contribution >= 0.6 is 0 Å². The van der Waals surface area contributed by atoms with Crippen molar-refractivity contribution in [2.45, 2.75) is 38.0 Å². The zero-order valence-corrected chi connectivity index (χ0v) is 9.39.